The molecule has 0 saturated heterocycles. The van der Waals surface area contributed by atoms with Crippen LogP contribution in [-0.4, -0.2) is 29.6 Å². The number of benzene rings is 1. The summed E-state index contributed by atoms with van der Waals surface area (Å²) in [7, 11) is 0. The summed E-state index contributed by atoms with van der Waals surface area (Å²) < 4.78 is 0. The van der Waals surface area contributed by atoms with Gasteiger partial charge in [-0.05, 0) is 43.6 Å². The standard InChI is InChI=1S/C16H25Cl2NO/c1-3-5-9-19(10-6-4-2)12-16(20)13-7-8-14(17)15(18)11-13/h7-8,11,16,20H,3-6,9-10,12H2,1-2H3. The summed E-state index contributed by atoms with van der Waals surface area (Å²) in [6, 6.07) is 5.34. The van der Waals surface area contributed by atoms with Crippen LogP contribution in [0.15, 0.2) is 18.2 Å². The SMILES string of the molecule is CCCCN(CCCC)CC(O)c1ccc(Cl)c(Cl)c1. The fourth-order valence-electron chi connectivity index (χ4n) is 2.13. The van der Waals surface area contributed by atoms with Gasteiger partial charge in [0.1, 0.15) is 0 Å². The Kier molecular flexibility index (Phi) is 8.55. The van der Waals surface area contributed by atoms with Gasteiger partial charge in [0.25, 0.3) is 0 Å². The summed E-state index contributed by atoms with van der Waals surface area (Å²) in [5, 5.41) is 11.4. The second-order valence-corrected chi connectivity index (χ2v) is 6.01. The van der Waals surface area contributed by atoms with Crippen LogP contribution < -0.4 is 0 Å². The van der Waals surface area contributed by atoms with Crippen molar-refractivity contribution in [3.05, 3.63) is 33.8 Å². The minimum absolute atomic E-state index is 0.497. The van der Waals surface area contributed by atoms with Crippen LogP contribution in [0.2, 0.25) is 10.0 Å². The highest BCUT2D eigenvalue weighted by molar-refractivity contribution is 6.42. The van der Waals surface area contributed by atoms with Crippen LogP contribution in [0.1, 0.15) is 51.2 Å². The van der Waals surface area contributed by atoms with Crippen LogP contribution in [-0.2, 0) is 0 Å². The van der Waals surface area contributed by atoms with Crippen LogP contribution in [0.4, 0.5) is 0 Å². The third-order valence-corrected chi connectivity index (χ3v) is 4.15. The van der Waals surface area contributed by atoms with E-state index in [9.17, 15) is 5.11 Å². The molecule has 0 heterocycles. The van der Waals surface area contributed by atoms with Crippen LogP contribution in [0, 0.1) is 0 Å². The van der Waals surface area contributed by atoms with Crippen LogP contribution in [0.3, 0.4) is 0 Å². The Morgan fingerprint density at radius 3 is 2.15 bits per heavy atom. The molecule has 0 bridgehead atoms. The van der Waals surface area contributed by atoms with Gasteiger partial charge in [0.05, 0.1) is 16.1 Å². The molecule has 114 valence electrons. The van der Waals surface area contributed by atoms with Gasteiger partial charge in [0.2, 0.25) is 0 Å². The van der Waals surface area contributed by atoms with E-state index in [0.717, 1.165) is 31.5 Å². The van der Waals surface area contributed by atoms with Crippen LogP contribution in [0.5, 0.6) is 0 Å². The molecular formula is C16H25Cl2NO. The van der Waals surface area contributed by atoms with Crippen molar-refractivity contribution in [2.75, 3.05) is 19.6 Å². The molecule has 1 rings (SSSR count). The normalized spacial score (nSPS) is 12.9. The first-order valence-corrected chi connectivity index (χ1v) is 8.19. The summed E-state index contributed by atoms with van der Waals surface area (Å²) >= 11 is 11.9. The Bertz CT molecular complexity index is 390. The van der Waals surface area contributed by atoms with E-state index in [-0.39, 0.29) is 0 Å². The van der Waals surface area contributed by atoms with Gasteiger partial charge in [-0.25, -0.2) is 0 Å². The lowest BCUT2D eigenvalue weighted by Gasteiger charge is -2.25. The molecule has 0 aliphatic heterocycles. The minimum Gasteiger partial charge on any atom is -0.387 e. The fourth-order valence-corrected chi connectivity index (χ4v) is 2.43. The minimum atomic E-state index is -0.515. The quantitative estimate of drug-likeness (QED) is 0.698. The molecule has 0 fully saturated rings. The molecule has 2 nitrogen and oxygen atoms in total. The first kappa shape index (κ1) is 17.8. The average Bonchev–Trinajstić information content (AvgIpc) is 2.44. The number of aliphatic hydroxyl groups excluding tert-OH is 1. The van der Waals surface area contributed by atoms with Crippen molar-refractivity contribution < 1.29 is 5.11 Å². The second-order valence-electron chi connectivity index (χ2n) is 5.20. The Labute approximate surface area is 132 Å². The van der Waals surface area contributed by atoms with Gasteiger partial charge in [-0.3, -0.25) is 0 Å². The van der Waals surface area contributed by atoms with Gasteiger partial charge in [-0.15, -0.1) is 0 Å². The van der Waals surface area contributed by atoms with E-state index in [2.05, 4.69) is 18.7 Å². The van der Waals surface area contributed by atoms with Crippen LogP contribution >= 0.6 is 23.2 Å². The molecule has 1 atom stereocenters. The molecule has 0 spiro atoms. The van der Waals surface area contributed by atoms with Gasteiger partial charge >= 0.3 is 0 Å². The topological polar surface area (TPSA) is 23.5 Å². The summed E-state index contributed by atoms with van der Waals surface area (Å²) in [6.45, 7) is 7.10. The first-order valence-electron chi connectivity index (χ1n) is 7.43. The molecule has 0 aliphatic carbocycles. The Balaban J connectivity index is 2.62. The highest BCUT2D eigenvalue weighted by Crippen LogP contribution is 2.26. The number of unbranched alkanes of at least 4 members (excludes halogenated alkanes) is 2. The second kappa shape index (κ2) is 9.62. The molecule has 0 radical (unpaired) electrons. The highest BCUT2D eigenvalue weighted by atomic mass is 35.5. The van der Waals surface area contributed by atoms with Crippen LogP contribution in [0.25, 0.3) is 0 Å². The number of nitrogens with zero attached hydrogens (tertiary/aromatic N) is 1. The maximum atomic E-state index is 10.4. The Morgan fingerprint density at radius 2 is 1.65 bits per heavy atom. The highest BCUT2D eigenvalue weighted by Gasteiger charge is 2.14. The molecule has 4 heteroatoms. The smallest absolute Gasteiger partial charge is 0.0917 e. The van der Waals surface area contributed by atoms with Crippen molar-refractivity contribution >= 4 is 23.2 Å². The predicted molar refractivity (Wildman–Crippen MR) is 87.7 cm³/mol. The van der Waals surface area contributed by atoms with E-state index in [0.29, 0.717) is 16.6 Å². The lowest BCUT2D eigenvalue weighted by atomic mass is 10.1. The predicted octanol–water partition coefficient (Wildman–Crippen LogP) is 4.93. The molecule has 1 aromatic carbocycles. The maximum Gasteiger partial charge on any atom is 0.0917 e. The summed E-state index contributed by atoms with van der Waals surface area (Å²) in [6.07, 6.45) is 4.16. The maximum absolute atomic E-state index is 10.4. The van der Waals surface area contributed by atoms with E-state index < -0.39 is 6.10 Å². The number of hydrogen-bond acceptors (Lipinski definition) is 2. The molecule has 20 heavy (non-hydrogen) atoms. The van der Waals surface area contributed by atoms with E-state index in [1.807, 2.05) is 6.07 Å². The third-order valence-electron chi connectivity index (χ3n) is 3.42. The number of aliphatic hydroxyl groups is 1. The Hall–Kier alpha value is -0.280. The zero-order valence-electron chi connectivity index (χ0n) is 12.4. The van der Waals surface area contributed by atoms with Crippen molar-refractivity contribution in [2.45, 2.75) is 45.6 Å². The van der Waals surface area contributed by atoms with E-state index in [4.69, 9.17) is 23.2 Å². The average molecular weight is 318 g/mol. The summed E-state index contributed by atoms with van der Waals surface area (Å²) in [4.78, 5) is 2.33. The summed E-state index contributed by atoms with van der Waals surface area (Å²) in [5.41, 5.74) is 0.831. The number of rotatable bonds is 9. The Morgan fingerprint density at radius 1 is 1.05 bits per heavy atom. The lowest BCUT2D eigenvalue weighted by molar-refractivity contribution is 0.111. The van der Waals surface area contributed by atoms with Crippen molar-refractivity contribution in [1.29, 1.82) is 0 Å². The van der Waals surface area contributed by atoms with Gasteiger partial charge < -0.3 is 10.0 Å². The molecular weight excluding hydrogens is 293 g/mol. The van der Waals surface area contributed by atoms with Gasteiger partial charge in [0, 0.05) is 6.54 Å². The number of hydrogen-bond donors (Lipinski definition) is 1. The largest absolute Gasteiger partial charge is 0.387 e. The van der Waals surface area contributed by atoms with Crippen molar-refractivity contribution in [1.82, 2.24) is 4.90 Å². The van der Waals surface area contributed by atoms with Crippen molar-refractivity contribution in [2.24, 2.45) is 0 Å². The lowest BCUT2D eigenvalue weighted by Crippen LogP contribution is -2.30. The molecule has 1 aromatic rings. The first-order chi connectivity index (χ1) is 9.58. The number of halogens is 2. The van der Waals surface area contributed by atoms with E-state index in [1.54, 1.807) is 12.1 Å². The summed E-state index contributed by atoms with van der Waals surface area (Å²) in [5.74, 6) is 0. The molecule has 1 N–H and O–H groups in total. The molecule has 0 aromatic heterocycles. The van der Waals surface area contributed by atoms with Gasteiger partial charge in [-0.2, -0.15) is 0 Å². The molecule has 1 unspecified atom stereocenters. The van der Waals surface area contributed by atoms with Gasteiger partial charge in [-0.1, -0.05) is 56.0 Å². The fraction of sp³-hybridized carbons (Fsp3) is 0.625. The van der Waals surface area contributed by atoms with Crippen molar-refractivity contribution in [3.8, 4) is 0 Å². The molecule has 0 saturated carbocycles. The van der Waals surface area contributed by atoms with E-state index >= 15 is 0 Å². The zero-order valence-corrected chi connectivity index (χ0v) is 13.9. The monoisotopic (exact) mass is 317 g/mol. The van der Waals surface area contributed by atoms with Gasteiger partial charge in [0.15, 0.2) is 0 Å². The zero-order chi connectivity index (χ0) is 15.0. The molecule has 0 aliphatic rings. The van der Waals surface area contributed by atoms with Crippen molar-refractivity contribution in [3.63, 3.8) is 0 Å². The third kappa shape index (κ3) is 6.01. The van der Waals surface area contributed by atoms with E-state index in [1.165, 1.54) is 12.8 Å². The molecule has 0 amide bonds.